The predicted octanol–water partition coefficient (Wildman–Crippen LogP) is 3.21. The van der Waals surface area contributed by atoms with E-state index in [2.05, 4.69) is 37.8 Å². The van der Waals surface area contributed by atoms with E-state index in [0.29, 0.717) is 0 Å². The molecule has 2 nitrogen and oxygen atoms in total. The van der Waals surface area contributed by atoms with Crippen LogP contribution >= 0.6 is 0 Å². The van der Waals surface area contributed by atoms with Crippen molar-refractivity contribution in [1.82, 2.24) is 0 Å². The third-order valence-electron chi connectivity index (χ3n) is 2.99. The van der Waals surface area contributed by atoms with E-state index in [9.17, 15) is 0 Å². The molecule has 0 aliphatic rings. The molecule has 0 amide bonds. The maximum absolute atomic E-state index is 5.90. The second-order valence-electron chi connectivity index (χ2n) is 4.41. The number of hydrogen-bond donors (Lipinski definition) is 0. The minimum absolute atomic E-state index is 0.824. The third-order valence-corrected chi connectivity index (χ3v) is 5.31. The van der Waals surface area contributed by atoms with Gasteiger partial charge in [-0.1, -0.05) is 43.8 Å². The molecular formula is C15H24O2Si. The van der Waals surface area contributed by atoms with E-state index in [-0.39, 0.29) is 0 Å². The molecule has 1 unspecified atom stereocenters. The van der Waals surface area contributed by atoms with Gasteiger partial charge in [0.2, 0.25) is 9.04 Å². The highest BCUT2D eigenvalue weighted by atomic mass is 28.3. The Balaban J connectivity index is 2.22. The largest absolute Gasteiger partial charge is 0.418 e. The maximum atomic E-state index is 5.90. The first-order chi connectivity index (χ1) is 8.80. The minimum Gasteiger partial charge on any atom is -0.418 e. The number of hydrogen-bond acceptors (Lipinski definition) is 2. The zero-order chi connectivity index (χ0) is 13.2. The molecule has 18 heavy (non-hydrogen) atoms. The Morgan fingerprint density at radius 1 is 1.28 bits per heavy atom. The Labute approximate surface area is 112 Å². The molecule has 0 radical (unpaired) electrons. The summed E-state index contributed by atoms with van der Waals surface area (Å²) in [5.74, 6) is 0. The zero-order valence-electron chi connectivity index (χ0n) is 11.5. The lowest BCUT2D eigenvalue weighted by molar-refractivity contribution is 0.216. The van der Waals surface area contributed by atoms with Crippen molar-refractivity contribution in [1.29, 1.82) is 0 Å². The van der Waals surface area contributed by atoms with Gasteiger partial charge < -0.3 is 9.16 Å². The average Bonchev–Trinajstić information content (AvgIpc) is 2.43. The maximum Gasteiger partial charge on any atom is 0.201 e. The van der Waals surface area contributed by atoms with Gasteiger partial charge in [0.1, 0.15) is 0 Å². The Morgan fingerprint density at radius 2 is 2.00 bits per heavy atom. The molecule has 1 atom stereocenters. The van der Waals surface area contributed by atoms with Gasteiger partial charge in [-0.15, -0.1) is 0 Å². The molecule has 3 heteroatoms. The second-order valence-corrected chi connectivity index (χ2v) is 7.13. The van der Waals surface area contributed by atoms with Gasteiger partial charge in [-0.3, -0.25) is 0 Å². The van der Waals surface area contributed by atoms with Crippen molar-refractivity contribution in [2.75, 3.05) is 19.9 Å². The summed E-state index contributed by atoms with van der Waals surface area (Å²) in [6.07, 6.45) is 4.86. The molecular weight excluding hydrogens is 240 g/mol. The molecule has 0 saturated heterocycles. The van der Waals surface area contributed by atoms with Gasteiger partial charge in [0.05, 0.1) is 6.23 Å². The Morgan fingerprint density at radius 3 is 2.56 bits per heavy atom. The summed E-state index contributed by atoms with van der Waals surface area (Å²) < 4.78 is 11.1. The molecule has 0 N–H and O–H groups in total. The summed E-state index contributed by atoms with van der Waals surface area (Å²) >= 11 is 0. The van der Waals surface area contributed by atoms with Crippen LogP contribution in [0.25, 0.3) is 6.08 Å². The number of methoxy groups -OCH3 is 1. The summed E-state index contributed by atoms with van der Waals surface area (Å²) in [7, 11) is 0.663. The normalized spacial score (nSPS) is 12.3. The Bertz CT molecular complexity index is 335. The second kappa shape index (κ2) is 9.08. The fourth-order valence-electron chi connectivity index (χ4n) is 1.82. The zero-order valence-corrected chi connectivity index (χ0v) is 12.7. The molecule has 0 bridgehead atoms. The number of ether oxygens (including phenoxy) is 1. The summed E-state index contributed by atoms with van der Waals surface area (Å²) in [6.45, 7) is 6.80. The van der Waals surface area contributed by atoms with E-state index in [0.717, 1.165) is 31.7 Å². The van der Waals surface area contributed by atoms with Gasteiger partial charge in [0.15, 0.2) is 0 Å². The molecule has 0 fully saturated rings. The molecule has 1 aromatic rings. The van der Waals surface area contributed by atoms with Crippen LogP contribution in [-0.4, -0.2) is 29.0 Å². The Hall–Kier alpha value is -0.903. The van der Waals surface area contributed by atoms with Crippen molar-refractivity contribution in [3.05, 3.63) is 42.0 Å². The van der Waals surface area contributed by atoms with E-state index in [4.69, 9.17) is 9.16 Å². The van der Waals surface area contributed by atoms with Crippen LogP contribution in [0.5, 0.6) is 0 Å². The topological polar surface area (TPSA) is 18.5 Å². The fourth-order valence-corrected chi connectivity index (χ4v) is 3.26. The van der Waals surface area contributed by atoms with Crippen molar-refractivity contribution >= 4 is 15.1 Å². The van der Waals surface area contributed by atoms with Crippen LogP contribution in [0.2, 0.25) is 6.04 Å². The fraction of sp³-hybridized carbons (Fsp3) is 0.467. The summed E-state index contributed by atoms with van der Waals surface area (Å²) in [6, 6.07) is 9.69. The average molecular weight is 264 g/mol. The van der Waals surface area contributed by atoms with Crippen LogP contribution in [0.4, 0.5) is 0 Å². The smallest absolute Gasteiger partial charge is 0.201 e. The van der Waals surface area contributed by atoms with Crippen molar-refractivity contribution in [3.63, 3.8) is 0 Å². The third kappa shape index (κ3) is 5.62. The first-order valence-electron chi connectivity index (χ1n) is 6.62. The lowest BCUT2D eigenvalue weighted by atomic mass is 10.1. The first-order valence-corrected chi connectivity index (χ1v) is 8.72. The van der Waals surface area contributed by atoms with E-state index in [1.807, 2.05) is 6.08 Å². The lowest BCUT2D eigenvalue weighted by Crippen LogP contribution is -2.24. The molecule has 1 rings (SSSR count). The number of aryl methyl sites for hydroxylation is 1. The van der Waals surface area contributed by atoms with Gasteiger partial charge in [0, 0.05) is 13.7 Å². The SMILES string of the molecule is C=Cc1ccc(CCCO[SiH](CC)COC)cc1. The molecule has 100 valence electrons. The molecule has 0 aliphatic heterocycles. The van der Waals surface area contributed by atoms with Crippen LogP contribution in [0.15, 0.2) is 30.8 Å². The molecule has 0 spiro atoms. The molecule has 0 heterocycles. The highest BCUT2D eigenvalue weighted by molar-refractivity contribution is 6.51. The van der Waals surface area contributed by atoms with Gasteiger partial charge in [0.25, 0.3) is 0 Å². The van der Waals surface area contributed by atoms with Crippen LogP contribution < -0.4 is 0 Å². The van der Waals surface area contributed by atoms with Crippen LogP contribution in [0.1, 0.15) is 24.5 Å². The summed E-state index contributed by atoms with van der Waals surface area (Å²) in [4.78, 5) is 0. The van der Waals surface area contributed by atoms with E-state index in [1.54, 1.807) is 7.11 Å². The van der Waals surface area contributed by atoms with E-state index in [1.165, 1.54) is 11.1 Å². The van der Waals surface area contributed by atoms with E-state index < -0.39 is 9.04 Å². The lowest BCUT2D eigenvalue weighted by Gasteiger charge is -2.13. The van der Waals surface area contributed by atoms with Crippen LogP contribution in [0, 0.1) is 0 Å². The predicted molar refractivity (Wildman–Crippen MR) is 80.3 cm³/mol. The van der Waals surface area contributed by atoms with Crippen LogP contribution in [-0.2, 0) is 15.6 Å². The molecule has 0 aliphatic carbocycles. The van der Waals surface area contributed by atoms with Crippen molar-refractivity contribution in [2.24, 2.45) is 0 Å². The summed E-state index contributed by atoms with van der Waals surface area (Å²) in [5.41, 5.74) is 2.54. The molecule has 1 aromatic carbocycles. The van der Waals surface area contributed by atoms with E-state index >= 15 is 0 Å². The number of benzene rings is 1. The van der Waals surface area contributed by atoms with Crippen LogP contribution in [0.3, 0.4) is 0 Å². The Kier molecular flexibility index (Phi) is 7.65. The first kappa shape index (κ1) is 15.2. The van der Waals surface area contributed by atoms with Crippen molar-refractivity contribution in [2.45, 2.75) is 25.8 Å². The quantitative estimate of drug-likeness (QED) is 0.504. The van der Waals surface area contributed by atoms with Gasteiger partial charge in [-0.2, -0.15) is 0 Å². The van der Waals surface area contributed by atoms with Gasteiger partial charge in [-0.05, 0) is 30.0 Å². The van der Waals surface area contributed by atoms with Gasteiger partial charge >= 0.3 is 0 Å². The van der Waals surface area contributed by atoms with Crippen molar-refractivity contribution < 1.29 is 9.16 Å². The summed E-state index contributed by atoms with van der Waals surface area (Å²) in [5, 5.41) is 0. The van der Waals surface area contributed by atoms with Crippen molar-refractivity contribution in [3.8, 4) is 0 Å². The van der Waals surface area contributed by atoms with Gasteiger partial charge in [-0.25, -0.2) is 0 Å². The monoisotopic (exact) mass is 264 g/mol. The highest BCUT2D eigenvalue weighted by Crippen LogP contribution is 2.08. The highest BCUT2D eigenvalue weighted by Gasteiger charge is 2.07. The molecule has 0 aromatic heterocycles. The standard InChI is InChI=1S/C15H24O2Si/c1-4-14-8-10-15(11-9-14)7-6-12-17-18(5-2)13-16-3/h4,8-11,18H,1,5-7,12-13H2,2-3H3. The minimum atomic E-state index is -1.09. The molecule has 0 saturated carbocycles. The number of rotatable bonds is 9.